The third-order valence-corrected chi connectivity index (χ3v) is 5.32. The molecule has 0 aliphatic carbocycles. The van der Waals surface area contributed by atoms with Crippen LogP contribution >= 0.6 is 39.3 Å². The van der Waals surface area contributed by atoms with Gasteiger partial charge in [0.1, 0.15) is 0 Å². The Kier molecular flexibility index (Phi) is 5.92. The third-order valence-electron chi connectivity index (χ3n) is 2.91. The molecule has 4 nitrogen and oxygen atoms in total. The Bertz CT molecular complexity index is 575. The number of aryl methyl sites for hydroxylation is 1. The van der Waals surface area contributed by atoms with Crippen molar-refractivity contribution in [1.82, 2.24) is 15.2 Å². The molecule has 0 aliphatic heterocycles. The second kappa shape index (κ2) is 7.47. The molecule has 108 valence electrons. The molecule has 20 heavy (non-hydrogen) atoms. The van der Waals surface area contributed by atoms with E-state index in [1.807, 2.05) is 29.8 Å². The van der Waals surface area contributed by atoms with Gasteiger partial charge in [0, 0.05) is 21.7 Å². The van der Waals surface area contributed by atoms with E-state index in [2.05, 4.69) is 32.5 Å². The highest BCUT2D eigenvalue weighted by molar-refractivity contribution is 9.10. The second-order valence-corrected chi connectivity index (χ2v) is 6.48. The maximum Gasteiger partial charge on any atom is 0.0834 e. The van der Waals surface area contributed by atoms with Crippen molar-refractivity contribution in [2.45, 2.75) is 24.4 Å². The minimum Gasteiger partial charge on any atom is -0.271 e. The second-order valence-electron chi connectivity index (χ2n) is 4.15. The number of rotatable bonds is 6. The van der Waals surface area contributed by atoms with E-state index in [4.69, 9.17) is 17.4 Å². The van der Waals surface area contributed by atoms with Crippen LogP contribution in [0.2, 0.25) is 5.02 Å². The summed E-state index contributed by atoms with van der Waals surface area (Å²) in [5, 5.41) is 4.89. The van der Waals surface area contributed by atoms with Gasteiger partial charge in [0.05, 0.1) is 23.0 Å². The molecule has 1 heterocycles. The summed E-state index contributed by atoms with van der Waals surface area (Å²) in [6.45, 7) is 2.79. The van der Waals surface area contributed by atoms with Crippen LogP contribution in [0.5, 0.6) is 0 Å². The fourth-order valence-electron chi connectivity index (χ4n) is 1.91. The van der Waals surface area contributed by atoms with Gasteiger partial charge >= 0.3 is 0 Å². The van der Waals surface area contributed by atoms with Crippen molar-refractivity contribution < 1.29 is 0 Å². The van der Waals surface area contributed by atoms with Crippen LogP contribution in [-0.4, -0.2) is 15.5 Å². The number of thioether (sulfide) groups is 1. The molecule has 0 aliphatic rings. The first-order valence-corrected chi connectivity index (χ1v) is 8.37. The van der Waals surface area contributed by atoms with Gasteiger partial charge in [0.2, 0.25) is 0 Å². The molecule has 0 radical (unpaired) electrons. The number of nitrogens with one attached hydrogen (secondary N) is 1. The number of hydrazine groups is 1. The highest BCUT2D eigenvalue weighted by Crippen LogP contribution is 2.32. The molecule has 0 bridgehead atoms. The van der Waals surface area contributed by atoms with Crippen molar-refractivity contribution in [2.75, 3.05) is 5.75 Å². The van der Waals surface area contributed by atoms with E-state index < -0.39 is 0 Å². The molecule has 1 atom stereocenters. The Hall–Kier alpha value is -0.530. The van der Waals surface area contributed by atoms with Crippen molar-refractivity contribution in [3.63, 3.8) is 0 Å². The fourth-order valence-corrected chi connectivity index (χ4v) is 3.79. The number of benzene rings is 1. The minimum atomic E-state index is -0.0537. The van der Waals surface area contributed by atoms with Crippen LogP contribution in [0, 0.1) is 0 Å². The summed E-state index contributed by atoms with van der Waals surface area (Å²) in [6.07, 6.45) is 1.66. The van der Waals surface area contributed by atoms with Gasteiger partial charge in [-0.05, 0) is 35.0 Å². The van der Waals surface area contributed by atoms with Crippen LogP contribution in [0.15, 0.2) is 39.8 Å². The molecule has 0 saturated heterocycles. The number of nitrogens with two attached hydrogens (primary N) is 1. The molecule has 1 unspecified atom stereocenters. The van der Waals surface area contributed by atoms with Crippen LogP contribution in [0.3, 0.4) is 0 Å². The van der Waals surface area contributed by atoms with Gasteiger partial charge in [-0.3, -0.25) is 16.0 Å². The third kappa shape index (κ3) is 3.56. The molecule has 0 fully saturated rings. The maximum atomic E-state index is 6.21. The maximum absolute atomic E-state index is 6.21. The lowest BCUT2D eigenvalue weighted by atomic mass is 10.2. The predicted molar refractivity (Wildman–Crippen MR) is 87.8 cm³/mol. The summed E-state index contributed by atoms with van der Waals surface area (Å²) < 4.78 is 2.95. The summed E-state index contributed by atoms with van der Waals surface area (Å²) in [5.74, 6) is 6.45. The quantitative estimate of drug-likeness (QED) is 0.460. The van der Waals surface area contributed by atoms with Crippen LogP contribution in [0.25, 0.3) is 0 Å². The Morgan fingerprint density at radius 3 is 2.90 bits per heavy atom. The van der Waals surface area contributed by atoms with Gasteiger partial charge in [-0.1, -0.05) is 23.7 Å². The van der Waals surface area contributed by atoms with E-state index in [1.165, 1.54) is 4.90 Å². The van der Waals surface area contributed by atoms with Gasteiger partial charge in [0.15, 0.2) is 0 Å². The molecule has 0 spiro atoms. The largest absolute Gasteiger partial charge is 0.271 e. The number of hydrogen-bond donors (Lipinski definition) is 2. The van der Waals surface area contributed by atoms with Crippen molar-refractivity contribution in [3.05, 3.63) is 45.7 Å². The Labute approximate surface area is 136 Å². The van der Waals surface area contributed by atoms with E-state index in [1.54, 1.807) is 18.0 Å². The predicted octanol–water partition coefficient (Wildman–Crippen LogP) is 3.62. The first kappa shape index (κ1) is 15.9. The Balaban J connectivity index is 2.13. The Morgan fingerprint density at radius 1 is 1.50 bits per heavy atom. The lowest BCUT2D eigenvalue weighted by Gasteiger charge is -2.18. The number of aromatic nitrogens is 2. The SMILES string of the molecule is CCn1ncc(Cl)c1C(CSc1ccccc1Br)NN. The smallest absolute Gasteiger partial charge is 0.0834 e. The number of halogens is 2. The average molecular weight is 376 g/mol. The van der Waals surface area contributed by atoms with Crippen LogP contribution in [0.4, 0.5) is 0 Å². The molecule has 3 N–H and O–H groups in total. The normalized spacial score (nSPS) is 12.6. The number of nitrogens with zero attached hydrogens (tertiary/aromatic N) is 2. The zero-order valence-electron chi connectivity index (χ0n) is 11.0. The molecule has 0 saturated carbocycles. The topological polar surface area (TPSA) is 55.9 Å². The van der Waals surface area contributed by atoms with Crippen LogP contribution < -0.4 is 11.3 Å². The monoisotopic (exact) mass is 374 g/mol. The lowest BCUT2D eigenvalue weighted by molar-refractivity contribution is 0.528. The summed E-state index contributed by atoms with van der Waals surface area (Å²) >= 11 is 11.5. The highest BCUT2D eigenvalue weighted by atomic mass is 79.9. The van der Waals surface area contributed by atoms with E-state index >= 15 is 0 Å². The van der Waals surface area contributed by atoms with Crippen LogP contribution in [-0.2, 0) is 6.54 Å². The van der Waals surface area contributed by atoms with Gasteiger partial charge in [-0.2, -0.15) is 5.10 Å². The van der Waals surface area contributed by atoms with Gasteiger partial charge in [-0.15, -0.1) is 11.8 Å². The lowest BCUT2D eigenvalue weighted by Crippen LogP contribution is -2.31. The average Bonchev–Trinajstić information content (AvgIpc) is 2.83. The van der Waals surface area contributed by atoms with Gasteiger partial charge in [-0.25, -0.2) is 0 Å². The van der Waals surface area contributed by atoms with Gasteiger partial charge in [0.25, 0.3) is 0 Å². The van der Waals surface area contributed by atoms with E-state index in [-0.39, 0.29) is 6.04 Å². The molecular formula is C13H16BrClN4S. The van der Waals surface area contributed by atoms with E-state index in [0.717, 1.165) is 22.5 Å². The summed E-state index contributed by atoms with van der Waals surface area (Å²) in [5.41, 5.74) is 3.76. The summed E-state index contributed by atoms with van der Waals surface area (Å²) in [4.78, 5) is 1.17. The van der Waals surface area contributed by atoms with Gasteiger partial charge < -0.3 is 0 Å². The fraction of sp³-hybridized carbons (Fsp3) is 0.308. The summed E-state index contributed by atoms with van der Waals surface area (Å²) in [6, 6.07) is 8.05. The Morgan fingerprint density at radius 2 is 2.25 bits per heavy atom. The van der Waals surface area contributed by atoms with Crippen molar-refractivity contribution in [1.29, 1.82) is 0 Å². The molecule has 2 rings (SSSR count). The molecule has 7 heteroatoms. The number of hydrogen-bond acceptors (Lipinski definition) is 4. The molecule has 2 aromatic rings. The first-order valence-electron chi connectivity index (χ1n) is 6.22. The molecule has 1 aromatic carbocycles. The molecular weight excluding hydrogens is 360 g/mol. The van der Waals surface area contributed by atoms with Crippen molar-refractivity contribution in [2.24, 2.45) is 5.84 Å². The first-order chi connectivity index (χ1) is 9.67. The van der Waals surface area contributed by atoms with Crippen LogP contribution in [0.1, 0.15) is 18.7 Å². The van der Waals surface area contributed by atoms with E-state index in [0.29, 0.717) is 5.02 Å². The zero-order chi connectivity index (χ0) is 14.5. The van der Waals surface area contributed by atoms with Crippen molar-refractivity contribution in [3.8, 4) is 0 Å². The summed E-state index contributed by atoms with van der Waals surface area (Å²) in [7, 11) is 0. The minimum absolute atomic E-state index is 0.0537. The standard InChI is InChI=1S/C13H16BrClN4S/c1-2-19-13(10(15)7-17-19)11(18-16)8-20-12-6-4-3-5-9(12)14/h3-7,11,18H,2,8,16H2,1H3. The zero-order valence-corrected chi connectivity index (χ0v) is 14.2. The van der Waals surface area contributed by atoms with Crippen molar-refractivity contribution >= 4 is 39.3 Å². The van der Waals surface area contributed by atoms with E-state index in [9.17, 15) is 0 Å². The molecule has 0 amide bonds. The molecule has 1 aromatic heterocycles. The highest BCUT2D eigenvalue weighted by Gasteiger charge is 2.19.